The van der Waals surface area contributed by atoms with E-state index in [2.05, 4.69) is 18.2 Å². The Hall–Kier alpha value is -1.28. The molecule has 1 nitrogen and oxygen atoms in total. The maximum atomic E-state index is 5.37. The molecule has 0 N–H and O–H groups in total. The number of hydrogen-bond donors (Lipinski definition) is 0. The van der Waals surface area contributed by atoms with Gasteiger partial charge in [0.15, 0.2) is 0 Å². The van der Waals surface area contributed by atoms with Crippen LogP contribution in [0.2, 0.25) is 0 Å². The fourth-order valence-electron chi connectivity index (χ4n) is 1.37. The van der Waals surface area contributed by atoms with Gasteiger partial charge in [0.1, 0.15) is 5.75 Å². The van der Waals surface area contributed by atoms with Crippen LogP contribution < -0.4 is 4.43 Å². The van der Waals surface area contributed by atoms with Gasteiger partial charge in [-0.1, -0.05) is 36.4 Å². The maximum Gasteiger partial charge on any atom is 0.204 e. The summed E-state index contributed by atoms with van der Waals surface area (Å²) in [6.07, 6.45) is 0. The van der Waals surface area contributed by atoms with E-state index in [1.54, 1.807) is 0 Å². The van der Waals surface area contributed by atoms with Crippen LogP contribution in [0.1, 0.15) is 0 Å². The van der Waals surface area contributed by atoms with Gasteiger partial charge in [-0.3, -0.25) is 0 Å². The third-order valence-electron chi connectivity index (χ3n) is 1.97. The summed E-state index contributed by atoms with van der Waals surface area (Å²) in [6, 6.07) is 14.4. The van der Waals surface area contributed by atoms with Gasteiger partial charge in [-0.2, -0.15) is 0 Å². The van der Waals surface area contributed by atoms with Crippen LogP contribution in [0.3, 0.4) is 0 Å². The molecule has 12 heavy (non-hydrogen) atoms. The quantitative estimate of drug-likeness (QED) is 0.595. The summed E-state index contributed by atoms with van der Waals surface area (Å²) in [5.74, 6) is 1.000. The molecule has 0 amide bonds. The number of rotatable bonds is 1. The molecule has 60 valence electrons. The van der Waals surface area contributed by atoms with Crippen molar-refractivity contribution in [3.63, 3.8) is 0 Å². The van der Waals surface area contributed by atoms with Crippen molar-refractivity contribution in [1.29, 1.82) is 0 Å². The molecule has 0 heterocycles. The third-order valence-corrected chi connectivity index (χ3v) is 2.41. The molecule has 0 aliphatic carbocycles. The van der Waals surface area contributed by atoms with Crippen LogP contribution in [0.25, 0.3) is 10.8 Å². The third kappa shape index (κ3) is 1.10. The second-order valence-electron chi connectivity index (χ2n) is 2.68. The van der Waals surface area contributed by atoms with Crippen molar-refractivity contribution < 1.29 is 4.43 Å². The summed E-state index contributed by atoms with van der Waals surface area (Å²) >= 11 is 0. The molecular formula is C10H10OSi. The van der Waals surface area contributed by atoms with Crippen LogP contribution in [0, 0.1) is 0 Å². The lowest BCUT2D eigenvalue weighted by atomic mass is 10.1. The Bertz CT molecular complexity index is 392. The molecule has 2 aromatic carbocycles. The average molecular weight is 174 g/mol. The lowest BCUT2D eigenvalue weighted by molar-refractivity contribution is 0.624. The topological polar surface area (TPSA) is 9.23 Å². The summed E-state index contributed by atoms with van der Waals surface area (Å²) in [4.78, 5) is 0. The Morgan fingerprint density at radius 2 is 1.67 bits per heavy atom. The molecule has 0 saturated carbocycles. The van der Waals surface area contributed by atoms with Crippen LogP contribution in [0.4, 0.5) is 0 Å². The van der Waals surface area contributed by atoms with E-state index in [0.29, 0.717) is 0 Å². The van der Waals surface area contributed by atoms with E-state index in [-0.39, 0.29) is 0 Å². The van der Waals surface area contributed by atoms with E-state index in [1.807, 2.05) is 24.3 Å². The SMILES string of the molecule is [SiH3]Oc1cccc2ccccc12. The standard InChI is InChI=1S/C10H10OSi/c12-11-10-7-3-5-8-4-1-2-6-9(8)10/h1-7H,12H3. The normalized spacial score (nSPS) is 10.3. The fourth-order valence-corrected chi connectivity index (χ4v) is 1.73. The Balaban J connectivity index is 2.79. The van der Waals surface area contributed by atoms with Gasteiger partial charge in [-0.05, 0) is 11.5 Å². The van der Waals surface area contributed by atoms with Crippen molar-refractivity contribution in [3.05, 3.63) is 42.5 Å². The Kier molecular flexibility index (Phi) is 1.84. The summed E-state index contributed by atoms with van der Waals surface area (Å²) < 4.78 is 5.37. The van der Waals surface area contributed by atoms with Crippen molar-refractivity contribution in [3.8, 4) is 5.75 Å². The predicted molar refractivity (Wildman–Crippen MR) is 54.5 cm³/mol. The molecular weight excluding hydrogens is 164 g/mol. The molecule has 0 bridgehead atoms. The van der Waals surface area contributed by atoms with Gasteiger partial charge >= 0.3 is 0 Å². The minimum atomic E-state index is 0.746. The monoisotopic (exact) mass is 174 g/mol. The van der Waals surface area contributed by atoms with Crippen molar-refractivity contribution in [2.45, 2.75) is 0 Å². The van der Waals surface area contributed by atoms with Gasteiger partial charge in [0.2, 0.25) is 10.5 Å². The second kappa shape index (κ2) is 2.99. The van der Waals surface area contributed by atoms with Crippen molar-refractivity contribution in [1.82, 2.24) is 0 Å². The van der Waals surface area contributed by atoms with Crippen molar-refractivity contribution in [2.75, 3.05) is 0 Å². The highest BCUT2D eigenvalue weighted by Gasteiger charge is 1.96. The molecule has 0 aliphatic rings. The van der Waals surface area contributed by atoms with Gasteiger partial charge in [-0.25, -0.2) is 0 Å². The van der Waals surface area contributed by atoms with Gasteiger partial charge in [0.05, 0.1) is 0 Å². The summed E-state index contributed by atoms with van der Waals surface area (Å²) in [5, 5.41) is 2.45. The molecule has 2 aromatic rings. The van der Waals surface area contributed by atoms with E-state index in [1.165, 1.54) is 10.8 Å². The minimum Gasteiger partial charge on any atom is -0.553 e. The van der Waals surface area contributed by atoms with Crippen LogP contribution in [0.15, 0.2) is 42.5 Å². The Morgan fingerprint density at radius 3 is 2.50 bits per heavy atom. The first-order valence-corrected chi connectivity index (χ1v) is 4.75. The van der Waals surface area contributed by atoms with Gasteiger partial charge in [0.25, 0.3) is 0 Å². The first kappa shape index (κ1) is 7.37. The largest absolute Gasteiger partial charge is 0.553 e. The molecule has 0 radical (unpaired) electrons. The number of hydrogen-bond acceptors (Lipinski definition) is 1. The zero-order valence-electron chi connectivity index (χ0n) is 6.95. The molecule has 0 unspecified atom stereocenters. The molecule has 2 rings (SSSR count). The Morgan fingerprint density at radius 1 is 0.917 bits per heavy atom. The predicted octanol–water partition coefficient (Wildman–Crippen LogP) is 1.50. The molecule has 0 aromatic heterocycles. The fraction of sp³-hybridized carbons (Fsp3) is 0. The van der Waals surface area contributed by atoms with Crippen LogP contribution in [-0.2, 0) is 0 Å². The highest BCUT2D eigenvalue weighted by molar-refractivity contribution is 6.02. The lowest BCUT2D eigenvalue weighted by Crippen LogP contribution is -1.85. The van der Waals surface area contributed by atoms with E-state index in [9.17, 15) is 0 Å². The molecule has 0 spiro atoms. The maximum absolute atomic E-state index is 5.37. The lowest BCUT2D eigenvalue weighted by Gasteiger charge is -2.04. The van der Waals surface area contributed by atoms with Crippen molar-refractivity contribution >= 4 is 21.3 Å². The van der Waals surface area contributed by atoms with Crippen LogP contribution >= 0.6 is 0 Å². The van der Waals surface area contributed by atoms with E-state index in [4.69, 9.17) is 4.43 Å². The summed E-state index contributed by atoms with van der Waals surface area (Å²) in [6.45, 7) is 0. The van der Waals surface area contributed by atoms with Gasteiger partial charge in [-0.15, -0.1) is 0 Å². The molecule has 0 saturated heterocycles. The molecule has 0 atom stereocenters. The number of fused-ring (bicyclic) bond motifs is 1. The van der Waals surface area contributed by atoms with Crippen molar-refractivity contribution in [2.24, 2.45) is 0 Å². The smallest absolute Gasteiger partial charge is 0.204 e. The minimum absolute atomic E-state index is 0.746. The first-order chi connectivity index (χ1) is 5.92. The zero-order chi connectivity index (χ0) is 8.39. The van der Waals surface area contributed by atoms with Gasteiger partial charge < -0.3 is 4.43 Å². The number of benzene rings is 2. The summed E-state index contributed by atoms with van der Waals surface area (Å²) in [7, 11) is 0.746. The molecule has 2 heteroatoms. The van der Waals surface area contributed by atoms with Crippen LogP contribution in [0.5, 0.6) is 5.75 Å². The van der Waals surface area contributed by atoms with E-state index in [0.717, 1.165) is 16.2 Å². The Labute approximate surface area is 74.5 Å². The van der Waals surface area contributed by atoms with Gasteiger partial charge in [0, 0.05) is 5.39 Å². The van der Waals surface area contributed by atoms with E-state index < -0.39 is 0 Å². The average Bonchev–Trinajstić information content (AvgIpc) is 2.17. The second-order valence-corrected chi connectivity index (χ2v) is 3.09. The molecule has 0 aliphatic heterocycles. The highest BCUT2D eigenvalue weighted by Crippen LogP contribution is 2.23. The van der Waals surface area contributed by atoms with Crippen LogP contribution in [-0.4, -0.2) is 10.5 Å². The highest BCUT2D eigenvalue weighted by atomic mass is 28.2. The zero-order valence-corrected chi connectivity index (χ0v) is 8.95. The first-order valence-electron chi connectivity index (χ1n) is 3.93. The summed E-state index contributed by atoms with van der Waals surface area (Å²) in [5.41, 5.74) is 0. The van der Waals surface area contributed by atoms with E-state index >= 15 is 0 Å². The molecule has 0 fully saturated rings.